The second kappa shape index (κ2) is 8.03. The van der Waals surface area contributed by atoms with Crippen molar-refractivity contribution in [2.75, 3.05) is 16.8 Å². The Morgan fingerprint density at radius 2 is 1.60 bits per heavy atom. The van der Waals surface area contributed by atoms with Gasteiger partial charge in [0.1, 0.15) is 0 Å². The van der Waals surface area contributed by atoms with Crippen molar-refractivity contribution < 1.29 is 4.79 Å². The molecule has 0 aromatic heterocycles. The van der Waals surface area contributed by atoms with E-state index < -0.39 is 0 Å². The minimum absolute atomic E-state index is 0.0832. The number of carbonyl (C=O) groups is 1. The fourth-order valence-electron chi connectivity index (χ4n) is 4.23. The van der Waals surface area contributed by atoms with E-state index in [9.17, 15) is 4.79 Å². The molecule has 0 fully saturated rings. The van der Waals surface area contributed by atoms with E-state index in [1.54, 1.807) is 0 Å². The van der Waals surface area contributed by atoms with E-state index in [0.717, 1.165) is 30.6 Å². The third-order valence-corrected chi connectivity index (χ3v) is 5.80. The van der Waals surface area contributed by atoms with Crippen molar-refractivity contribution in [1.82, 2.24) is 0 Å². The summed E-state index contributed by atoms with van der Waals surface area (Å²) in [5.41, 5.74) is 5.46. The van der Waals surface area contributed by atoms with E-state index in [1.165, 1.54) is 28.6 Å². The minimum atomic E-state index is -0.0832. The number of hydrogen-bond acceptors (Lipinski definition) is 2. The van der Waals surface area contributed by atoms with E-state index in [4.69, 9.17) is 0 Å². The molecule has 30 heavy (non-hydrogen) atoms. The molecule has 3 heteroatoms. The summed E-state index contributed by atoms with van der Waals surface area (Å²) in [6.45, 7) is 1.94. The highest BCUT2D eigenvalue weighted by Crippen LogP contribution is 2.28. The van der Waals surface area contributed by atoms with Gasteiger partial charge in [0.15, 0.2) is 0 Å². The quantitative estimate of drug-likeness (QED) is 0.459. The van der Waals surface area contributed by atoms with Crippen LogP contribution in [-0.2, 0) is 13.0 Å². The van der Waals surface area contributed by atoms with Crippen molar-refractivity contribution in [3.63, 3.8) is 0 Å². The Hall–Kier alpha value is -3.59. The monoisotopic (exact) mass is 392 g/mol. The first-order valence-electron chi connectivity index (χ1n) is 10.5. The third kappa shape index (κ3) is 3.79. The Bertz CT molecular complexity index is 1200. The van der Waals surface area contributed by atoms with E-state index in [-0.39, 0.29) is 5.91 Å². The summed E-state index contributed by atoms with van der Waals surface area (Å²) in [5, 5.41) is 5.30. The van der Waals surface area contributed by atoms with Gasteiger partial charge in [-0.1, -0.05) is 60.7 Å². The number of para-hydroxylation sites is 1. The fraction of sp³-hybridized carbons (Fsp3) is 0.148. The Balaban J connectivity index is 1.28. The number of nitrogens with zero attached hydrogens (tertiary/aromatic N) is 1. The standard InChI is InChI=1S/C27H24N2O/c30-27(28-25-16-15-21-6-1-2-8-24(21)18-25)23-13-11-20(12-14-23)19-29-17-5-9-22-7-3-4-10-26(22)29/h1-4,6-8,10-16,18H,5,9,17,19H2,(H,28,30). The van der Waals surface area contributed by atoms with Crippen LogP contribution in [0.1, 0.15) is 27.9 Å². The van der Waals surface area contributed by atoms with Gasteiger partial charge in [0.2, 0.25) is 0 Å². The van der Waals surface area contributed by atoms with Gasteiger partial charge in [-0.05, 0) is 65.1 Å². The molecule has 0 saturated carbocycles. The van der Waals surface area contributed by atoms with Crippen LogP contribution in [0.5, 0.6) is 0 Å². The summed E-state index contributed by atoms with van der Waals surface area (Å²) in [6, 6.07) is 30.8. The molecule has 1 heterocycles. The van der Waals surface area contributed by atoms with Crippen LogP contribution in [0.15, 0.2) is 91.0 Å². The molecule has 1 amide bonds. The van der Waals surface area contributed by atoms with Crippen molar-refractivity contribution in [3.8, 4) is 0 Å². The first-order valence-corrected chi connectivity index (χ1v) is 10.5. The molecule has 148 valence electrons. The highest BCUT2D eigenvalue weighted by molar-refractivity contribution is 6.05. The Morgan fingerprint density at radius 3 is 2.47 bits per heavy atom. The van der Waals surface area contributed by atoms with Gasteiger partial charge in [0.05, 0.1) is 0 Å². The molecule has 1 aliphatic heterocycles. The molecule has 5 rings (SSSR count). The third-order valence-electron chi connectivity index (χ3n) is 5.80. The molecule has 0 spiro atoms. The van der Waals surface area contributed by atoms with E-state index >= 15 is 0 Å². The molecule has 0 bridgehead atoms. The SMILES string of the molecule is O=C(Nc1ccc2ccccc2c1)c1ccc(CN2CCCc3ccccc32)cc1. The largest absolute Gasteiger partial charge is 0.367 e. The number of nitrogens with one attached hydrogen (secondary N) is 1. The number of aryl methyl sites for hydroxylation is 1. The molecule has 3 nitrogen and oxygen atoms in total. The van der Waals surface area contributed by atoms with Crippen LogP contribution in [0, 0.1) is 0 Å². The van der Waals surface area contributed by atoms with Crippen molar-refractivity contribution in [2.24, 2.45) is 0 Å². The lowest BCUT2D eigenvalue weighted by molar-refractivity contribution is 0.102. The number of hydrogen-bond donors (Lipinski definition) is 1. The van der Waals surface area contributed by atoms with Gasteiger partial charge in [0.25, 0.3) is 5.91 Å². The van der Waals surface area contributed by atoms with E-state index in [0.29, 0.717) is 5.56 Å². The van der Waals surface area contributed by atoms with Gasteiger partial charge in [-0.2, -0.15) is 0 Å². The lowest BCUT2D eigenvalue weighted by Gasteiger charge is -2.31. The van der Waals surface area contributed by atoms with Crippen molar-refractivity contribution in [2.45, 2.75) is 19.4 Å². The number of anilines is 2. The average Bonchev–Trinajstić information content (AvgIpc) is 2.80. The van der Waals surface area contributed by atoms with Crippen molar-refractivity contribution in [1.29, 1.82) is 0 Å². The molecule has 0 aliphatic carbocycles. The topological polar surface area (TPSA) is 32.3 Å². The molecule has 0 unspecified atom stereocenters. The molecule has 0 atom stereocenters. The van der Waals surface area contributed by atoms with Crippen LogP contribution in [0.25, 0.3) is 10.8 Å². The van der Waals surface area contributed by atoms with Crippen LogP contribution < -0.4 is 10.2 Å². The number of amides is 1. The molecule has 0 saturated heterocycles. The summed E-state index contributed by atoms with van der Waals surface area (Å²) >= 11 is 0. The first-order chi connectivity index (χ1) is 14.8. The van der Waals surface area contributed by atoms with Crippen molar-refractivity contribution in [3.05, 3.63) is 108 Å². The maximum Gasteiger partial charge on any atom is 0.255 e. The zero-order chi connectivity index (χ0) is 20.3. The molecule has 1 N–H and O–H groups in total. The zero-order valence-corrected chi connectivity index (χ0v) is 16.8. The van der Waals surface area contributed by atoms with Crippen molar-refractivity contribution >= 4 is 28.1 Å². The first kappa shape index (κ1) is 18.4. The number of benzene rings is 4. The summed E-state index contributed by atoms with van der Waals surface area (Å²) in [6.07, 6.45) is 2.34. The second-order valence-electron chi connectivity index (χ2n) is 7.87. The van der Waals surface area contributed by atoms with Crippen LogP contribution in [0.2, 0.25) is 0 Å². The highest BCUT2D eigenvalue weighted by atomic mass is 16.1. The Kier molecular flexibility index (Phi) is 4.94. The molecule has 0 radical (unpaired) electrons. The van der Waals surface area contributed by atoms with Gasteiger partial charge in [0, 0.05) is 30.0 Å². The summed E-state index contributed by atoms with van der Waals surface area (Å²) in [7, 11) is 0. The average molecular weight is 393 g/mol. The maximum atomic E-state index is 12.7. The van der Waals surface area contributed by atoms with E-state index in [1.807, 2.05) is 42.5 Å². The summed E-state index contributed by atoms with van der Waals surface area (Å²) < 4.78 is 0. The fourth-order valence-corrected chi connectivity index (χ4v) is 4.23. The Labute approximate surface area is 177 Å². The van der Waals surface area contributed by atoms with E-state index in [2.05, 4.69) is 58.7 Å². The molecule has 4 aromatic rings. The van der Waals surface area contributed by atoms with Crippen LogP contribution in [0.3, 0.4) is 0 Å². The molecular formula is C27H24N2O. The number of rotatable bonds is 4. The van der Waals surface area contributed by atoms with Gasteiger partial charge in [-0.3, -0.25) is 4.79 Å². The zero-order valence-electron chi connectivity index (χ0n) is 16.8. The summed E-state index contributed by atoms with van der Waals surface area (Å²) in [4.78, 5) is 15.1. The predicted octanol–water partition coefficient (Wildman–Crippen LogP) is 6.04. The normalized spacial score (nSPS) is 13.1. The molecule has 4 aromatic carbocycles. The smallest absolute Gasteiger partial charge is 0.255 e. The second-order valence-corrected chi connectivity index (χ2v) is 7.87. The number of fused-ring (bicyclic) bond motifs is 2. The van der Waals surface area contributed by atoms with Crippen LogP contribution in [-0.4, -0.2) is 12.5 Å². The minimum Gasteiger partial charge on any atom is -0.367 e. The maximum absolute atomic E-state index is 12.7. The van der Waals surface area contributed by atoms with Gasteiger partial charge in [-0.15, -0.1) is 0 Å². The van der Waals surface area contributed by atoms with Gasteiger partial charge >= 0.3 is 0 Å². The Morgan fingerprint density at radius 1 is 0.833 bits per heavy atom. The highest BCUT2D eigenvalue weighted by Gasteiger charge is 2.16. The lowest BCUT2D eigenvalue weighted by atomic mass is 10.0. The molecule has 1 aliphatic rings. The van der Waals surface area contributed by atoms with Crippen LogP contribution in [0.4, 0.5) is 11.4 Å². The van der Waals surface area contributed by atoms with Gasteiger partial charge in [-0.25, -0.2) is 0 Å². The predicted molar refractivity (Wildman–Crippen MR) is 124 cm³/mol. The molecular weight excluding hydrogens is 368 g/mol. The van der Waals surface area contributed by atoms with Gasteiger partial charge < -0.3 is 10.2 Å². The summed E-state index contributed by atoms with van der Waals surface area (Å²) in [5.74, 6) is -0.0832. The number of carbonyl (C=O) groups excluding carboxylic acids is 1. The van der Waals surface area contributed by atoms with Crippen LogP contribution >= 0.6 is 0 Å². The lowest BCUT2D eigenvalue weighted by Crippen LogP contribution is -2.28.